The van der Waals surface area contributed by atoms with Crippen LogP contribution in [0.1, 0.15) is 32.6 Å². The van der Waals surface area contributed by atoms with E-state index in [1.165, 1.54) is 0 Å². The molecule has 0 saturated carbocycles. The Labute approximate surface area is 226 Å². The summed E-state index contributed by atoms with van der Waals surface area (Å²) in [6, 6.07) is 26.8. The van der Waals surface area contributed by atoms with Crippen molar-refractivity contribution in [2.24, 2.45) is 0 Å². The minimum atomic E-state index is -0.310. The second-order valence-corrected chi connectivity index (χ2v) is 9.59. The molecule has 0 fully saturated rings. The van der Waals surface area contributed by atoms with E-state index in [-0.39, 0.29) is 11.0 Å². The van der Waals surface area contributed by atoms with Gasteiger partial charge in [0.05, 0.1) is 0 Å². The van der Waals surface area contributed by atoms with Crippen molar-refractivity contribution < 1.29 is 13.9 Å². The number of thiocarbonyl (C=S) groups is 1. The molecule has 7 heteroatoms. The quantitative estimate of drug-likeness (QED) is 0.232. The van der Waals surface area contributed by atoms with Gasteiger partial charge in [-0.1, -0.05) is 42.5 Å². The van der Waals surface area contributed by atoms with Crippen molar-refractivity contribution in [1.82, 2.24) is 10.3 Å². The van der Waals surface area contributed by atoms with Gasteiger partial charge < -0.3 is 14.5 Å². The number of oxazole rings is 1. The molecule has 0 atom stereocenters. The summed E-state index contributed by atoms with van der Waals surface area (Å²) in [6.45, 7) is 6.48. The Morgan fingerprint density at radius 1 is 0.921 bits per heavy atom. The van der Waals surface area contributed by atoms with Crippen molar-refractivity contribution in [1.29, 1.82) is 0 Å². The number of nitrogens with zero attached hydrogens (tertiary/aromatic N) is 1. The third-order valence-electron chi connectivity index (χ3n) is 6.14. The molecule has 0 saturated heterocycles. The molecule has 6 nitrogen and oxygen atoms in total. The molecule has 5 aromatic rings. The second-order valence-electron chi connectivity index (χ2n) is 9.19. The number of fused-ring (bicyclic) bond motifs is 1. The maximum Gasteiger partial charge on any atom is 0.257 e. The molecule has 5 rings (SSSR count). The van der Waals surface area contributed by atoms with Crippen LogP contribution in [0.25, 0.3) is 22.6 Å². The molecular weight excluding hydrogens is 494 g/mol. The first kappa shape index (κ1) is 25.2. The molecule has 1 heterocycles. The van der Waals surface area contributed by atoms with Gasteiger partial charge in [0.2, 0.25) is 5.89 Å². The van der Waals surface area contributed by atoms with Gasteiger partial charge in [0, 0.05) is 16.8 Å². The maximum atomic E-state index is 12.8. The minimum Gasteiger partial charge on any atom is -0.489 e. The van der Waals surface area contributed by atoms with Crippen molar-refractivity contribution in [3.05, 3.63) is 113 Å². The van der Waals surface area contributed by atoms with Crippen LogP contribution in [0.2, 0.25) is 0 Å². The van der Waals surface area contributed by atoms with Gasteiger partial charge in [0.1, 0.15) is 17.9 Å². The minimum absolute atomic E-state index is 0.198. The smallest absolute Gasteiger partial charge is 0.257 e. The Kier molecular flexibility index (Phi) is 7.20. The highest BCUT2D eigenvalue weighted by atomic mass is 32.1. The predicted octanol–water partition coefficient (Wildman–Crippen LogP) is 7.13. The number of ether oxygens (including phenoxy) is 1. The maximum absolute atomic E-state index is 12.8. The molecule has 38 heavy (non-hydrogen) atoms. The monoisotopic (exact) mass is 521 g/mol. The van der Waals surface area contributed by atoms with Crippen LogP contribution in [0.5, 0.6) is 5.75 Å². The zero-order valence-corrected chi connectivity index (χ0v) is 22.2. The van der Waals surface area contributed by atoms with E-state index in [9.17, 15) is 4.79 Å². The molecule has 0 aliphatic rings. The zero-order chi connectivity index (χ0) is 26.6. The van der Waals surface area contributed by atoms with Gasteiger partial charge >= 0.3 is 0 Å². The Bertz CT molecular complexity index is 1630. The number of nitrogens with one attached hydrogen (secondary N) is 2. The molecule has 0 unspecified atom stereocenters. The summed E-state index contributed by atoms with van der Waals surface area (Å²) in [5.74, 6) is 0.903. The Hall–Kier alpha value is -4.49. The van der Waals surface area contributed by atoms with E-state index in [1.54, 1.807) is 24.3 Å². The van der Waals surface area contributed by atoms with Gasteiger partial charge in [-0.15, -0.1) is 0 Å². The summed E-state index contributed by atoms with van der Waals surface area (Å²) in [5.41, 5.74) is 7.87. The van der Waals surface area contributed by atoms with Crippen molar-refractivity contribution in [3.63, 3.8) is 0 Å². The van der Waals surface area contributed by atoms with Crippen LogP contribution in [-0.2, 0) is 6.61 Å². The van der Waals surface area contributed by atoms with Crippen LogP contribution in [-0.4, -0.2) is 16.0 Å². The summed E-state index contributed by atoms with van der Waals surface area (Å²) in [7, 11) is 0. The molecule has 1 amide bonds. The predicted molar refractivity (Wildman–Crippen MR) is 155 cm³/mol. The number of carbonyl (C=O) groups excluding carboxylic acids is 1. The third-order valence-corrected chi connectivity index (χ3v) is 6.35. The Balaban J connectivity index is 1.23. The number of aryl methyl sites for hydroxylation is 3. The van der Waals surface area contributed by atoms with E-state index in [0.717, 1.165) is 44.6 Å². The van der Waals surface area contributed by atoms with E-state index in [0.29, 0.717) is 23.8 Å². The van der Waals surface area contributed by atoms with Gasteiger partial charge in [-0.05, 0) is 97.7 Å². The fourth-order valence-electron chi connectivity index (χ4n) is 4.16. The molecule has 190 valence electrons. The van der Waals surface area contributed by atoms with Crippen molar-refractivity contribution in [3.8, 4) is 17.2 Å². The SMILES string of the molecule is Cc1cc(C)c2oc(-c3ccc(C)c(NC(=S)NC(=O)c4ccc(OCc5ccccc5)cc4)c3)nc2c1. The van der Waals surface area contributed by atoms with Gasteiger partial charge in [-0.3, -0.25) is 10.1 Å². The molecule has 0 aliphatic carbocycles. The molecule has 0 bridgehead atoms. The second kappa shape index (κ2) is 10.9. The van der Waals surface area contributed by atoms with E-state index < -0.39 is 0 Å². The lowest BCUT2D eigenvalue weighted by Gasteiger charge is -2.13. The summed E-state index contributed by atoms with van der Waals surface area (Å²) in [4.78, 5) is 17.4. The zero-order valence-electron chi connectivity index (χ0n) is 21.4. The molecule has 0 spiro atoms. The first-order chi connectivity index (χ1) is 18.4. The van der Waals surface area contributed by atoms with Crippen LogP contribution >= 0.6 is 12.2 Å². The van der Waals surface area contributed by atoms with Crippen molar-refractivity contribution in [2.75, 3.05) is 5.32 Å². The van der Waals surface area contributed by atoms with Gasteiger partial charge in [-0.25, -0.2) is 4.98 Å². The summed E-state index contributed by atoms with van der Waals surface area (Å²) in [5, 5.41) is 6.07. The lowest BCUT2D eigenvalue weighted by Crippen LogP contribution is -2.34. The van der Waals surface area contributed by atoms with Crippen molar-refractivity contribution in [2.45, 2.75) is 27.4 Å². The Morgan fingerprint density at radius 3 is 2.45 bits per heavy atom. The first-order valence-electron chi connectivity index (χ1n) is 12.2. The average molecular weight is 522 g/mol. The fourth-order valence-corrected chi connectivity index (χ4v) is 4.36. The van der Waals surface area contributed by atoms with Crippen LogP contribution < -0.4 is 15.4 Å². The highest BCUT2D eigenvalue weighted by Crippen LogP contribution is 2.30. The van der Waals surface area contributed by atoms with Crippen molar-refractivity contribution >= 4 is 40.0 Å². The largest absolute Gasteiger partial charge is 0.489 e. The van der Waals surface area contributed by atoms with Gasteiger partial charge in [-0.2, -0.15) is 0 Å². The third kappa shape index (κ3) is 5.74. The van der Waals surface area contributed by atoms with E-state index in [4.69, 9.17) is 21.4 Å². The number of anilines is 1. The van der Waals surface area contributed by atoms with Gasteiger partial charge in [0.25, 0.3) is 5.91 Å². The standard InChI is InChI=1S/C31H27N3O3S/c1-19-15-21(3)28-27(16-19)32-30(37-28)24-10-9-20(2)26(17-24)33-31(38)34-29(35)23-11-13-25(14-12-23)36-18-22-7-5-4-6-8-22/h4-17H,18H2,1-3H3,(H2,33,34,35,38). The molecular formula is C31H27N3O3S. The first-order valence-corrected chi connectivity index (χ1v) is 12.6. The highest BCUT2D eigenvalue weighted by Gasteiger charge is 2.14. The fraction of sp³-hybridized carbons (Fsp3) is 0.129. The number of hydrogen-bond donors (Lipinski definition) is 2. The number of aromatic nitrogens is 1. The summed E-state index contributed by atoms with van der Waals surface area (Å²) >= 11 is 5.43. The lowest BCUT2D eigenvalue weighted by atomic mass is 10.1. The Morgan fingerprint density at radius 2 is 1.68 bits per heavy atom. The number of rotatable bonds is 6. The molecule has 1 aromatic heterocycles. The molecule has 0 aliphatic heterocycles. The van der Waals surface area contributed by atoms with Crippen LogP contribution in [0.15, 0.2) is 89.3 Å². The molecule has 0 radical (unpaired) electrons. The lowest BCUT2D eigenvalue weighted by molar-refractivity contribution is 0.0977. The van der Waals surface area contributed by atoms with E-state index >= 15 is 0 Å². The van der Waals surface area contributed by atoms with Crippen LogP contribution in [0.3, 0.4) is 0 Å². The van der Waals surface area contributed by atoms with Crippen LogP contribution in [0.4, 0.5) is 5.69 Å². The normalized spacial score (nSPS) is 10.8. The highest BCUT2D eigenvalue weighted by molar-refractivity contribution is 7.80. The number of amides is 1. The topological polar surface area (TPSA) is 76.4 Å². The van der Waals surface area contributed by atoms with Gasteiger partial charge in [0.15, 0.2) is 10.7 Å². The summed E-state index contributed by atoms with van der Waals surface area (Å²) < 4.78 is 11.9. The molecule has 4 aromatic carbocycles. The number of carbonyl (C=O) groups is 1. The summed E-state index contributed by atoms with van der Waals surface area (Å²) in [6.07, 6.45) is 0. The van der Waals surface area contributed by atoms with E-state index in [2.05, 4.69) is 21.7 Å². The van der Waals surface area contributed by atoms with E-state index in [1.807, 2.05) is 75.4 Å². The number of hydrogen-bond acceptors (Lipinski definition) is 5. The average Bonchev–Trinajstić information content (AvgIpc) is 3.34. The molecule has 2 N–H and O–H groups in total. The number of benzene rings is 4. The van der Waals surface area contributed by atoms with Crippen LogP contribution in [0, 0.1) is 20.8 Å².